The molecule has 0 heterocycles. The van der Waals surface area contributed by atoms with Crippen molar-refractivity contribution in [2.45, 2.75) is 58.4 Å². The number of carbonyl (C=O) groups excluding carboxylic acids is 1. The molecule has 4 nitrogen and oxygen atoms in total. The Balaban J connectivity index is 2.52. The summed E-state index contributed by atoms with van der Waals surface area (Å²) < 4.78 is 5.17. The maximum absolute atomic E-state index is 12.2. The third-order valence-electron chi connectivity index (χ3n) is 4.38. The number of ether oxygens (including phenoxy) is 1. The van der Waals surface area contributed by atoms with Crippen LogP contribution in [0, 0.1) is 11.3 Å². The lowest BCUT2D eigenvalue weighted by atomic mass is 9.71. The van der Waals surface area contributed by atoms with E-state index in [1.165, 1.54) is 19.3 Å². The zero-order valence-electron chi connectivity index (χ0n) is 12.7. The van der Waals surface area contributed by atoms with E-state index in [1.54, 1.807) is 7.11 Å². The van der Waals surface area contributed by atoms with Gasteiger partial charge in [-0.3, -0.25) is 4.79 Å². The monoisotopic (exact) mass is 270 g/mol. The SMILES string of the molecule is COCC(NC(=O)CC1(CN)CCCCC1)C(C)C. The largest absolute Gasteiger partial charge is 0.383 e. The molecule has 4 heteroatoms. The molecule has 0 aromatic heterocycles. The second-order valence-electron chi connectivity index (χ2n) is 6.31. The summed E-state index contributed by atoms with van der Waals surface area (Å²) in [5.41, 5.74) is 5.97. The van der Waals surface area contributed by atoms with E-state index in [1.807, 2.05) is 0 Å². The zero-order chi connectivity index (χ0) is 14.3. The quantitative estimate of drug-likeness (QED) is 0.744. The summed E-state index contributed by atoms with van der Waals surface area (Å²) in [4.78, 5) is 12.2. The lowest BCUT2D eigenvalue weighted by Crippen LogP contribution is -2.45. The van der Waals surface area contributed by atoms with Crippen LogP contribution in [0.3, 0.4) is 0 Å². The van der Waals surface area contributed by atoms with Crippen LogP contribution in [-0.4, -0.2) is 32.2 Å². The molecule has 3 N–H and O–H groups in total. The van der Waals surface area contributed by atoms with E-state index in [4.69, 9.17) is 10.5 Å². The average Bonchev–Trinajstić information content (AvgIpc) is 2.39. The van der Waals surface area contributed by atoms with Crippen molar-refractivity contribution in [3.63, 3.8) is 0 Å². The first-order valence-corrected chi connectivity index (χ1v) is 7.51. The molecule has 0 aromatic carbocycles. The Morgan fingerprint density at radius 1 is 1.32 bits per heavy atom. The van der Waals surface area contributed by atoms with Gasteiger partial charge in [0.15, 0.2) is 0 Å². The first-order valence-electron chi connectivity index (χ1n) is 7.51. The highest BCUT2D eigenvalue weighted by atomic mass is 16.5. The lowest BCUT2D eigenvalue weighted by molar-refractivity contribution is -0.125. The maximum Gasteiger partial charge on any atom is 0.220 e. The van der Waals surface area contributed by atoms with E-state index in [0.29, 0.717) is 25.5 Å². The molecule has 1 amide bonds. The fourth-order valence-electron chi connectivity index (χ4n) is 2.93. The molecular formula is C15H30N2O2. The number of methoxy groups -OCH3 is 1. The minimum absolute atomic E-state index is 0.0386. The van der Waals surface area contributed by atoms with Crippen LogP contribution in [0.25, 0.3) is 0 Å². The van der Waals surface area contributed by atoms with Crippen molar-refractivity contribution in [1.29, 1.82) is 0 Å². The van der Waals surface area contributed by atoms with Crippen molar-refractivity contribution in [3.05, 3.63) is 0 Å². The molecule has 1 rings (SSSR count). The van der Waals surface area contributed by atoms with Crippen molar-refractivity contribution in [2.24, 2.45) is 17.1 Å². The lowest BCUT2D eigenvalue weighted by Gasteiger charge is -2.36. The Morgan fingerprint density at radius 2 is 1.95 bits per heavy atom. The van der Waals surface area contributed by atoms with Crippen LogP contribution in [0.2, 0.25) is 0 Å². The van der Waals surface area contributed by atoms with Gasteiger partial charge in [0.25, 0.3) is 0 Å². The molecule has 1 fully saturated rings. The van der Waals surface area contributed by atoms with Crippen LogP contribution in [0.15, 0.2) is 0 Å². The fraction of sp³-hybridized carbons (Fsp3) is 0.933. The van der Waals surface area contributed by atoms with E-state index >= 15 is 0 Å². The van der Waals surface area contributed by atoms with Gasteiger partial charge in [0.2, 0.25) is 5.91 Å². The second kappa shape index (κ2) is 7.85. The summed E-state index contributed by atoms with van der Waals surface area (Å²) in [5.74, 6) is 0.507. The Labute approximate surface area is 117 Å². The van der Waals surface area contributed by atoms with E-state index in [-0.39, 0.29) is 17.4 Å². The molecule has 1 saturated carbocycles. The number of rotatable bonds is 7. The van der Waals surface area contributed by atoms with Crippen LogP contribution in [0.4, 0.5) is 0 Å². The molecule has 0 spiro atoms. The van der Waals surface area contributed by atoms with Crippen LogP contribution >= 0.6 is 0 Å². The summed E-state index contributed by atoms with van der Waals surface area (Å²) in [6, 6.07) is 0.0934. The number of carbonyl (C=O) groups is 1. The molecule has 1 unspecified atom stereocenters. The van der Waals surface area contributed by atoms with E-state index in [9.17, 15) is 4.79 Å². The highest BCUT2D eigenvalue weighted by Crippen LogP contribution is 2.38. The molecule has 0 bridgehead atoms. The predicted octanol–water partition coefficient (Wildman–Crippen LogP) is 2.07. The van der Waals surface area contributed by atoms with Gasteiger partial charge in [0.05, 0.1) is 12.6 Å². The van der Waals surface area contributed by atoms with Crippen LogP contribution in [0.1, 0.15) is 52.4 Å². The molecule has 0 radical (unpaired) electrons. The van der Waals surface area contributed by atoms with Crippen molar-refractivity contribution in [2.75, 3.05) is 20.3 Å². The Bertz CT molecular complexity index is 273. The van der Waals surface area contributed by atoms with Gasteiger partial charge in [-0.25, -0.2) is 0 Å². The van der Waals surface area contributed by atoms with Crippen molar-refractivity contribution >= 4 is 5.91 Å². The summed E-state index contributed by atoms with van der Waals surface area (Å²) in [5, 5.41) is 3.10. The Hall–Kier alpha value is -0.610. The first kappa shape index (κ1) is 16.4. The van der Waals surface area contributed by atoms with E-state index < -0.39 is 0 Å². The van der Waals surface area contributed by atoms with Gasteiger partial charge in [-0.05, 0) is 30.7 Å². The van der Waals surface area contributed by atoms with Crippen molar-refractivity contribution < 1.29 is 9.53 Å². The summed E-state index contributed by atoms with van der Waals surface area (Å²) in [6.45, 7) is 5.39. The average molecular weight is 270 g/mol. The zero-order valence-corrected chi connectivity index (χ0v) is 12.7. The van der Waals surface area contributed by atoms with Gasteiger partial charge in [0.1, 0.15) is 0 Å². The summed E-state index contributed by atoms with van der Waals surface area (Å²) in [7, 11) is 1.67. The Morgan fingerprint density at radius 3 is 2.42 bits per heavy atom. The second-order valence-corrected chi connectivity index (χ2v) is 6.31. The summed E-state index contributed by atoms with van der Waals surface area (Å²) in [6.07, 6.45) is 6.44. The standard InChI is InChI=1S/C15H30N2O2/c1-12(2)13(10-19-3)17-14(18)9-15(11-16)7-5-4-6-8-15/h12-13H,4-11,16H2,1-3H3,(H,17,18). The van der Waals surface area contributed by atoms with Crippen LogP contribution < -0.4 is 11.1 Å². The Kier molecular flexibility index (Phi) is 6.80. The van der Waals surface area contributed by atoms with Gasteiger partial charge in [-0.1, -0.05) is 33.1 Å². The topological polar surface area (TPSA) is 64.3 Å². The van der Waals surface area contributed by atoms with Gasteiger partial charge in [0, 0.05) is 13.5 Å². The molecule has 1 aliphatic carbocycles. The molecule has 1 atom stereocenters. The summed E-state index contributed by atoms with van der Waals surface area (Å²) >= 11 is 0. The third-order valence-corrected chi connectivity index (χ3v) is 4.38. The van der Waals surface area contributed by atoms with E-state index in [2.05, 4.69) is 19.2 Å². The molecule has 1 aliphatic rings. The molecule has 112 valence electrons. The van der Waals surface area contributed by atoms with Gasteiger partial charge in [-0.2, -0.15) is 0 Å². The number of nitrogens with one attached hydrogen (secondary N) is 1. The molecular weight excluding hydrogens is 240 g/mol. The van der Waals surface area contributed by atoms with Crippen molar-refractivity contribution in [3.8, 4) is 0 Å². The van der Waals surface area contributed by atoms with Gasteiger partial charge < -0.3 is 15.8 Å². The minimum Gasteiger partial charge on any atom is -0.383 e. The smallest absolute Gasteiger partial charge is 0.220 e. The van der Waals surface area contributed by atoms with Gasteiger partial charge >= 0.3 is 0 Å². The minimum atomic E-state index is 0.0386. The van der Waals surface area contributed by atoms with Crippen molar-refractivity contribution in [1.82, 2.24) is 5.32 Å². The molecule has 0 aliphatic heterocycles. The molecule has 19 heavy (non-hydrogen) atoms. The fourth-order valence-corrected chi connectivity index (χ4v) is 2.93. The van der Waals surface area contributed by atoms with E-state index in [0.717, 1.165) is 12.8 Å². The highest BCUT2D eigenvalue weighted by molar-refractivity contribution is 5.77. The number of amides is 1. The van der Waals surface area contributed by atoms with Gasteiger partial charge in [-0.15, -0.1) is 0 Å². The van der Waals surface area contributed by atoms with Crippen LogP contribution in [-0.2, 0) is 9.53 Å². The predicted molar refractivity (Wildman–Crippen MR) is 77.8 cm³/mol. The highest BCUT2D eigenvalue weighted by Gasteiger charge is 2.33. The third kappa shape index (κ3) is 5.11. The number of nitrogens with two attached hydrogens (primary N) is 1. The normalized spacial score (nSPS) is 20.3. The molecule has 0 aromatic rings. The first-order chi connectivity index (χ1) is 9.03. The maximum atomic E-state index is 12.2. The number of hydrogen-bond donors (Lipinski definition) is 2. The number of hydrogen-bond acceptors (Lipinski definition) is 3. The molecule has 0 saturated heterocycles. The van der Waals surface area contributed by atoms with Crippen LogP contribution in [0.5, 0.6) is 0 Å².